The smallest absolute Gasteiger partial charge is 0.407 e. The fourth-order valence-electron chi connectivity index (χ4n) is 1.24. The van der Waals surface area contributed by atoms with Gasteiger partial charge in [0.15, 0.2) is 11.6 Å². The standard InChI is InChI=1S/C12H15F2NO3/c1-12(2,3)18-11(17)15-6-7-4-8(13)5-9(14)10(7)16/h4-5,16H,6H2,1-3H3,(H,15,17). The number of benzene rings is 1. The SMILES string of the molecule is CC(C)(C)OC(=O)NCc1cc(F)cc(F)c1O. The summed E-state index contributed by atoms with van der Waals surface area (Å²) in [7, 11) is 0. The predicted molar refractivity (Wildman–Crippen MR) is 61.1 cm³/mol. The Hall–Kier alpha value is -1.85. The molecule has 0 unspecified atom stereocenters. The molecule has 0 aromatic heterocycles. The molecule has 0 saturated carbocycles. The van der Waals surface area contributed by atoms with Crippen molar-refractivity contribution in [3.05, 3.63) is 29.3 Å². The van der Waals surface area contributed by atoms with E-state index in [2.05, 4.69) is 5.32 Å². The van der Waals surface area contributed by atoms with Crippen LogP contribution < -0.4 is 5.32 Å². The largest absolute Gasteiger partial charge is 0.505 e. The number of aromatic hydroxyl groups is 1. The molecule has 0 spiro atoms. The summed E-state index contributed by atoms with van der Waals surface area (Å²) >= 11 is 0. The van der Waals surface area contributed by atoms with Gasteiger partial charge in [-0.2, -0.15) is 0 Å². The fourth-order valence-corrected chi connectivity index (χ4v) is 1.24. The third-order valence-corrected chi connectivity index (χ3v) is 1.93. The Bertz CT molecular complexity index is 455. The number of carbonyl (C=O) groups excluding carboxylic acids is 1. The Morgan fingerprint density at radius 1 is 1.39 bits per heavy atom. The van der Waals surface area contributed by atoms with Gasteiger partial charge in [-0.15, -0.1) is 0 Å². The molecule has 2 N–H and O–H groups in total. The minimum absolute atomic E-state index is 0.0571. The van der Waals surface area contributed by atoms with Gasteiger partial charge < -0.3 is 15.2 Å². The van der Waals surface area contributed by atoms with Crippen LogP contribution in [0.25, 0.3) is 0 Å². The van der Waals surface area contributed by atoms with E-state index in [9.17, 15) is 18.7 Å². The van der Waals surface area contributed by atoms with Crippen molar-refractivity contribution in [2.24, 2.45) is 0 Å². The molecule has 4 nitrogen and oxygen atoms in total. The Balaban J connectivity index is 2.67. The first-order chi connectivity index (χ1) is 8.19. The van der Waals surface area contributed by atoms with Crippen molar-refractivity contribution < 1.29 is 23.4 Å². The van der Waals surface area contributed by atoms with Crippen LogP contribution in [0.15, 0.2) is 12.1 Å². The zero-order valence-corrected chi connectivity index (χ0v) is 10.4. The number of nitrogens with one attached hydrogen (secondary N) is 1. The molecular formula is C12H15F2NO3. The molecule has 0 fully saturated rings. The van der Waals surface area contributed by atoms with Crippen molar-refractivity contribution in [3.63, 3.8) is 0 Å². The summed E-state index contributed by atoms with van der Waals surface area (Å²) in [6.07, 6.45) is -0.730. The van der Waals surface area contributed by atoms with Gasteiger partial charge in [-0.1, -0.05) is 0 Å². The Labute approximate surface area is 104 Å². The van der Waals surface area contributed by atoms with Crippen molar-refractivity contribution in [1.82, 2.24) is 5.32 Å². The van der Waals surface area contributed by atoms with E-state index in [1.54, 1.807) is 20.8 Å². The van der Waals surface area contributed by atoms with Gasteiger partial charge in [0.05, 0.1) is 0 Å². The minimum Gasteiger partial charge on any atom is -0.505 e. The van der Waals surface area contributed by atoms with Gasteiger partial charge in [0.25, 0.3) is 0 Å². The van der Waals surface area contributed by atoms with E-state index < -0.39 is 29.1 Å². The number of ether oxygens (including phenoxy) is 1. The van der Waals surface area contributed by atoms with Crippen LogP contribution in [0.3, 0.4) is 0 Å². The van der Waals surface area contributed by atoms with E-state index in [1.165, 1.54) is 0 Å². The van der Waals surface area contributed by atoms with Gasteiger partial charge in [-0.3, -0.25) is 0 Å². The zero-order valence-electron chi connectivity index (χ0n) is 10.4. The Morgan fingerprint density at radius 2 is 2.00 bits per heavy atom. The average molecular weight is 259 g/mol. The van der Waals surface area contributed by atoms with Gasteiger partial charge in [-0.05, 0) is 26.8 Å². The van der Waals surface area contributed by atoms with Crippen molar-refractivity contribution in [2.75, 3.05) is 0 Å². The van der Waals surface area contributed by atoms with E-state index >= 15 is 0 Å². The van der Waals surface area contributed by atoms with Crippen LogP contribution in [0.1, 0.15) is 26.3 Å². The Kier molecular flexibility index (Phi) is 4.11. The molecule has 0 atom stereocenters. The number of phenolic OH excluding ortho intramolecular Hbond substituents is 1. The number of amides is 1. The summed E-state index contributed by atoms with van der Waals surface area (Å²) in [4.78, 5) is 11.3. The molecule has 1 aromatic carbocycles. The summed E-state index contributed by atoms with van der Waals surface area (Å²) in [6, 6.07) is 1.50. The first kappa shape index (κ1) is 14.2. The molecule has 100 valence electrons. The topological polar surface area (TPSA) is 58.6 Å². The van der Waals surface area contributed by atoms with Crippen molar-refractivity contribution in [1.29, 1.82) is 0 Å². The highest BCUT2D eigenvalue weighted by Crippen LogP contribution is 2.22. The van der Waals surface area contributed by atoms with Gasteiger partial charge in [0, 0.05) is 18.2 Å². The van der Waals surface area contributed by atoms with Crippen LogP contribution in [-0.2, 0) is 11.3 Å². The van der Waals surface area contributed by atoms with Gasteiger partial charge in [0.1, 0.15) is 11.4 Å². The number of phenols is 1. The molecule has 1 aromatic rings. The van der Waals surface area contributed by atoms with Crippen LogP contribution in [0.5, 0.6) is 5.75 Å². The maximum absolute atomic E-state index is 13.0. The minimum atomic E-state index is -1.07. The van der Waals surface area contributed by atoms with Crippen LogP contribution in [-0.4, -0.2) is 16.8 Å². The molecule has 0 aliphatic carbocycles. The van der Waals surface area contributed by atoms with Crippen LogP contribution >= 0.6 is 0 Å². The third-order valence-electron chi connectivity index (χ3n) is 1.93. The number of alkyl carbamates (subject to hydrolysis) is 1. The quantitative estimate of drug-likeness (QED) is 0.858. The predicted octanol–water partition coefficient (Wildman–Crippen LogP) is 2.70. The maximum Gasteiger partial charge on any atom is 0.407 e. The van der Waals surface area contributed by atoms with Crippen LogP contribution in [0, 0.1) is 11.6 Å². The number of carbonyl (C=O) groups is 1. The molecule has 1 rings (SSSR count). The van der Waals surface area contributed by atoms with Gasteiger partial charge >= 0.3 is 6.09 Å². The first-order valence-electron chi connectivity index (χ1n) is 5.33. The molecule has 0 aliphatic heterocycles. The summed E-state index contributed by atoms with van der Waals surface area (Å²) in [5.74, 6) is -2.59. The maximum atomic E-state index is 13.0. The molecule has 0 aliphatic rings. The lowest BCUT2D eigenvalue weighted by molar-refractivity contribution is 0.0523. The fraction of sp³-hybridized carbons (Fsp3) is 0.417. The number of hydrogen-bond acceptors (Lipinski definition) is 3. The second-order valence-corrected chi connectivity index (χ2v) is 4.75. The average Bonchev–Trinajstić information content (AvgIpc) is 2.18. The second kappa shape index (κ2) is 5.20. The van der Waals surface area contributed by atoms with Crippen molar-refractivity contribution in [2.45, 2.75) is 32.9 Å². The lowest BCUT2D eigenvalue weighted by Crippen LogP contribution is -2.32. The van der Waals surface area contributed by atoms with Gasteiger partial charge in [0.2, 0.25) is 0 Å². The molecule has 18 heavy (non-hydrogen) atoms. The molecular weight excluding hydrogens is 244 g/mol. The van der Waals surface area contributed by atoms with E-state index in [0.717, 1.165) is 6.07 Å². The van der Waals surface area contributed by atoms with E-state index in [4.69, 9.17) is 4.74 Å². The monoisotopic (exact) mass is 259 g/mol. The number of hydrogen-bond donors (Lipinski definition) is 2. The van der Waals surface area contributed by atoms with E-state index in [0.29, 0.717) is 6.07 Å². The van der Waals surface area contributed by atoms with Crippen LogP contribution in [0.4, 0.5) is 13.6 Å². The summed E-state index contributed by atoms with van der Waals surface area (Å²) in [5, 5.41) is 11.6. The normalized spacial score (nSPS) is 11.2. The van der Waals surface area contributed by atoms with Crippen molar-refractivity contribution in [3.8, 4) is 5.75 Å². The van der Waals surface area contributed by atoms with Crippen LogP contribution in [0.2, 0.25) is 0 Å². The van der Waals surface area contributed by atoms with Crippen molar-refractivity contribution >= 4 is 6.09 Å². The Morgan fingerprint density at radius 3 is 2.56 bits per heavy atom. The molecule has 1 amide bonds. The van der Waals surface area contributed by atoms with E-state index in [-0.39, 0.29) is 12.1 Å². The zero-order chi connectivity index (χ0) is 13.9. The first-order valence-corrected chi connectivity index (χ1v) is 5.33. The highest BCUT2D eigenvalue weighted by Gasteiger charge is 2.17. The number of rotatable bonds is 2. The molecule has 6 heteroatoms. The summed E-state index contributed by atoms with van der Waals surface area (Å²) < 4.78 is 30.9. The third kappa shape index (κ3) is 4.20. The summed E-state index contributed by atoms with van der Waals surface area (Å²) in [6.45, 7) is 4.83. The lowest BCUT2D eigenvalue weighted by atomic mass is 10.2. The highest BCUT2D eigenvalue weighted by atomic mass is 19.1. The van der Waals surface area contributed by atoms with E-state index in [1.807, 2.05) is 0 Å². The highest BCUT2D eigenvalue weighted by molar-refractivity contribution is 5.67. The molecule has 0 saturated heterocycles. The molecule has 0 bridgehead atoms. The van der Waals surface area contributed by atoms with Gasteiger partial charge in [-0.25, -0.2) is 13.6 Å². The number of halogens is 2. The lowest BCUT2D eigenvalue weighted by Gasteiger charge is -2.19. The second-order valence-electron chi connectivity index (χ2n) is 4.75. The summed E-state index contributed by atoms with van der Waals surface area (Å²) in [5.41, 5.74) is -0.724. The molecule has 0 heterocycles. The molecule has 0 radical (unpaired) electrons.